The van der Waals surface area contributed by atoms with Gasteiger partial charge < -0.3 is 10.1 Å². The van der Waals surface area contributed by atoms with E-state index in [1.165, 1.54) is 6.20 Å². The van der Waals surface area contributed by atoms with E-state index in [0.29, 0.717) is 5.95 Å². The molecule has 0 amide bonds. The molecule has 0 unspecified atom stereocenters. The zero-order valence-electron chi connectivity index (χ0n) is 9.25. The Bertz CT molecular complexity index is 633. The molecule has 2 N–H and O–H groups in total. The molecule has 0 fully saturated rings. The zero-order valence-corrected chi connectivity index (χ0v) is 9.25. The van der Waals surface area contributed by atoms with Crippen LogP contribution in [-0.2, 0) is 0 Å². The summed E-state index contributed by atoms with van der Waals surface area (Å²) in [5.74, 6) is 0.403. The molecular formula is C9H10N6O2. The van der Waals surface area contributed by atoms with E-state index in [1.807, 2.05) is 0 Å². The molecule has 0 aliphatic carbocycles. The molecule has 0 saturated carbocycles. The minimum atomic E-state index is -0.389. The Morgan fingerprint density at radius 2 is 2.24 bits per heavy atom. The van der Waals surface area contributed by atoms with Gasteiger partial charge in [0.15, 0.2) is 11.2 Å². The minimum absolute atomic E-state index is 0.105. The lowest BCUT2D eigenvalue weighted by atomic mass is 10.4. The van der Waals surface area contributed by atoms with Gasteiger partial charge in [-0.05, 0) is 0 Å². The predicted molar refractivity (Wildman–Crippen MR) is 61.7 cm³/mol. The lowest BCUT2D eigenvalue weighted by Crippen LogP contribution is -2.20. The average molecular weight is 234 g/mol. The zero-order chi connectivity index (χ0) is 12.4. The van der Waals surface area contributed by atoms with Gasteiger partial charge in [0.2, 0.25) is 5.95 Å². The highest BCUT2D eigenvalue weighted by Gasteiger charge is 2.08. The molecule has 2 aromatic rings. The molecule has 0 bridgehead atoms. The third-order valence-corrected chi connectivity index (χ3v) is 2.04. The number of nitrogens with one attached hydrogen (secondary N) is 1. The van der Waals surface area contributed by atoms with Crippen molar-refractivity contribution in [1.82, 2.24) is 19.9 Å². The summed E-state index contributed by atoms with van der Waals surface area (Å²) in [6.45, 7) is 0. The van der Waals surface area contributed by atoms with Crippen molar-refractivity contribution < 1.29 is 5.21 Å². The number of aromatic nitrogens is 4. The van der Waals surface area contributed by atoms with Crippen LogP contribution in [0, 0.1) is 0 Å². The van der Waals surface area contributed by atoms with Crippen LogP contribution in [0.15, 0.2) is 16.1 Å². The number of H-pyrrole nitrogens is 1. The van der Waals surface area contributed by atoms with Crippen molar-refractivity contribution in [2.75, 3.05) is 19.0 Å². The minimum Gasteiger partial charge on any atom is -0.411 e. The fourth-order valence-corrected chi connectivity index (χ4v) is 1.25. The SMILES string of the molecule is CN(C)c1nc2ncc(C=NO)nc2c(=O)[nH]1. The number of nitrogens with zero attached hydrogens (tertiary/aromatic N) is 5. The number of rotatable bonds is 2. The molecule has 0 aliphatic rings. The van der Waals surface area contributed by atoms with Gasteiger partial charge in [-0.2, -0.15) is 4.98 Å². The summed E-state index contributed by atoms with van der Waals surface area (Å²) < 4.78 is 0. The van der Waals surface area contributed by atoms with Crippen LogP contribution >= 0.6 is 0 Å². The van der Waals surface area contributed by atoms with Gasteiger partial charge in [0.05, 0.1) is 12.4 Å². The molecule has 0 spiro atoms. The number of hydrogen-bond donors (Lipinski definition) is 2. The lowest BCUT2D eigenvalue weighted by molar-refractivity contribution is 0.321. The summed E-state index contributed by atoms with van der Waals surface area (Å²) in [5.41, 5.74) is 0.241. The topological polar surface area (TPSA) is 107 Å². The van der Waals surface area contributed by atoms with Crippen LogP contribution in [-0.4, -0.2) is 45.5 Å². The largest absolute Gasteiger partial charge is 0.411 e. The second kappa shape index (κ2) is 4.16. The van der Waals surface area contributed by atoms with Crippen molar-refractivity contribution in [2.24, 2.45) is 5.16 Å². The molecule has 88 valence electrons. The molecule has 0 radical (unpaired) electrons. The van der Waals surface area contributed by atoms with Crippen molar-refractivity contribution in [2.45, 2.75) is 0 Å². The van der Waals surface area contributed by atoms with E-state index in [-0.39, 0.29) is 22.4 Å². The first kappa shape index (κ1) is 11.0. The van der Waals surface area contributed by atoms with E-state index in [9.17, 15) is 4.79 Å². The standard InChI is InChI=1S/C9H10N6O2/c1-15(2)9-13-7-6(8(16)14-9)12-5(3-10-7)4-11-17/h3-4,17H,1-2H3,(H,10,13,14,16). The van der Waals surface area contributed by atoms with Crippen molar-refractivity contribution in [3.8, 4) is 0 Å². The van der Waals surface area contributed by atoms with Crippen LogP contribution < -0.4 is 10.5 Å². The van der Waals surface area contributed by atoms with Gasteiger partial charge in [-0.1, -0.05) is 5.16 Å². The van der Waals surface area contributed by atoms with Crippen molar-refractivity contribution >= 4 is 23.3 Å². The molecule has 0 saturated heterocycles. The molecule has 17 heavy (non-hydrogen) atoms. The van der Waals surface area contributed by atoms with E-state index in [2.05, 4.69) is 25.1 Å². The Morgan fingerprint density at radius 1 is 1.47 bits per heavy atom. The van der Waals surface area contributed by atoms with Crippen LogP contribution in [0.3, 0.4) is 0 Å². The first-order chi connectivity index (χ1) is 8.11. The van der Waals surface area contributed by atoms with E-state index >= 15 is 0 Å². The molecule has 0 aromatic carbocycles. The molecule has 8 nitrogen and oxygen atoms in total. The van der Waals surface area contributed by atoms with Gasteiger partial charge in [0, 0.05) is 14.1 Å². The van der Waals surface area contributed by atoms with Gasteiger partial charge in [0.1, 0.15) is 5.69 Å². The Hall–Kier alpha value is -2.51. The molecule has 2 rings (SSSR count). The number of aromatic amines is 1. The summed E-state index contributed by atoms with van der Waals surface area (Å²) in [6, 6.07) is 0. The van der Waals surface area contributed by atoms with Crippen molar-refractivity contribution in [1.29, 1.82) is 0 Å². The number of anilines is 1. The summed E-state index contributed by atoms with van der Waals surface area (Å²) in [5, 5.41) is 11.2. The van der Waals surface area contributed by atoms with E-state index in [0.717, 1.165) is 6.21 Å². The van der Waals surface area contributed by atoms with E-state index in [4.69, 9.17) is 5.21 Å². The van der Waals surface area contributed by atoms with Crippen LogP contribution in [0.1, 0.15) is 5.69 Å². The molecule has 0 atom stereocenters. The lowest BCUT2D eigenvalue weighted by Gasteiger charge is -2.10. The number of fused-ring (bicyclic) bond motifs is 1. The summed E-state index contributed by atoms with van der Waals surface area (Å²) in [6.07, 6.45) is 2.46. The second-order valence-electron chi connectivity index (χ2n) is 3.50. The van der Waals surface area contributed by atoms with Crippen molar-refractivity contribution in [3.63, 3.8) is 0 Å². The maximum atomic E-state index is 11.7. The van der Waals surface area contributed by atoms with Gasteiger partial charge in [-0.25, -0.2) is 9.97 Å². The van der Waals surface area contributed by atoms with Gasteiger partial charge in [-0.3, -0.25) is 9.78 Å². The first-order valence-electron chi connectivity index (χ1n) is 4.73. The smallest absolute Gasteiger partial charge is 0.280 e. The highest BCUT2D eigenvalue weighted by molar-refractivity contribution is 5.80. The van der Waals surface area contributed by atoms with Crippen molar-refractivity contribution in [3.05, 3.63) is 22.2 Å². The number of oxime groups is 1. The van der Waals surface area contributed by atoms with E-state index in [1.54, 1.807) is 19.0 Å². The fraction of sp³-hybridized carbons (Fsp3) is 0.222. The Kier molecular flexibility index (Phi) is 2.69. The number of hydrogen-bond acceptors (Lipinski definition) is 7. The normalized spacial score (nSPS) is 11.2. The molecule has 0 aliphatic heterocycles. The van der Waals surface area contributed by atoms with Crippen LogP contribution in [0.4, 0.5) is 5.95 Å². The highest BCUT2D eigenvalue weighted by atomic mass is 16.4. The van der Waals surface area contributed by atoms with Crippen LogP contribution in [0.5, 0.6) is 0 Å². The van der Waals surface area contributed by atoms with E-state index < -0.39 is 0 Å². The first-order valence-corrected chi connectivity index (χ1v) is 4.73. The van der Waals surface area contributed by atoms with Gasteiger partial charge >= 0.3 is 0 Å². The second-order valence-corrected chi connectivity index (χ2v) is 3.50. The third kappa shape index (κ3) is 2.05. The molecular weight excluding hydrogens is 224 g/mol. The van der Waals surface area contributed by atoms with Crippen LogP contribution in [0.2, 0.25) is 0 Å². The summed E-state index contributed by atoms with van der Waals surface area (Å²) in [7, 11) is 3.51. The predicted octanol–water partition coefficient (Wildman–Crippen LogP) is -0.413. The van der Waals surface area contributed by atoms with Gasteiger partial charge in [-0.15, -0.1) is 0 Å². The molecule has 2 aromatic heterocycles. The summed E-state index contributed by atoms with van der Waals surface area (Å²) in [4.78, 5) is 28.0. The highest BCUT2D eigenvalue weighted by Crippen LogP contribution is 2.05. The quantitative estimate of drug-likeness (QED) is 0.415. The molecule has 2 heterocycles. The maximum absolute atomic E-state index is 11.7. The molecule has 8 heteroatoms. The fourth-order valence-electron chi connectivity index (χ4n) is 1.25. The van der Waals surface area contributed by atoms with Crippen LogP contribution in [0.25, 0.3) is 11.2 Å². The Labute approximate surface area is 95.7 Å². The maximum Gasteiger partial charge on any atom is 0.280 e. The summed E-state index contributed by atoms with van der Waals surface area (Å²) >= 11 is 0. The Morgan fingerprint density at radius 3 is 2.88 bits per heavy atom. The Balaban J connectivity index is 2.68. The monoisotopic (exact) mass is 234 g/mol. The van der Waals surface area contributed by atoms with Gasteiger partial charge in [0.25, 0.3) is 5.56 Å². The average Bonchev–Trinajstić information content (AvgIpc) is 2.30. The third-order valence-electron chi connectivity index (χ3n) is 2.04.